The van der Waals surface area contributed by atoms with Crippen molar-refractivity contribution in [3.8, 4) is 6.07 Å². The van der Waals surface area contributed by atoms with E-state index in [1.54, 1.807) is 19.2 Å². The fourth-order valence-corrected chi connectivity index (χ4v) is 1.40. The van der Waals surface area contributed by atoms with Gasteiger partial charge in [0.25, 0.3) is 0 Å². The molecule has 0 bridgehead atoms. The van der Waals surface area contributed by atoms with Crippen molar-refractivity contribution in [1.29, 1.82) is 5.26 Å². The Kier molecular flexibility index (Phi) is 5.17. The molecule has 0 aliphatic carbocycles. The van der Waals surface area contributed by atoms with Gasteiger partial charge in [0.15, 0.2) is 0 Å². The first-order chi connectivity index (χ1) is 7.77. The van der Waals surface area contributed by atoms with Crippen molar-refractivity contribution in [3.05, 3.63) is 23.8 Å². The molecule has 1 aromatic carbocycles. The van der Waals surface area contributed by atoms with Gasteiger partial charge in [0, 0.05) is 25.9 Å². The number of ether oxygens (including phenoxy) is 1. The van der Waals surface area contributed by atoms with Crippen LogP contribution >= 0.6 is 0 Å². The molecular formula is C12H17N3O. The van der Waals surface area contributed by atoms with Gasteiger partial charge in [-0.1, -0.05) is 0 Å². The lowest BCUT2D eigenvalue weighted by Crippen LogP contribution is -2.04. The van der Waals surface area contributed by atoms with Crippen LogP contribution < -0.4 is 11.1 Å². The molecule has 0 aromatic heterocycles. The number of hydrogen-bond donors (Lipinski definition) is 2. The maximum absolute atomic E-state index is 8.92. The zero-order chi connectivity index (χ0) is 11.8. The first-order valence-electron chi connectivity index (χ1n) is 5.30. The summed E-state index contributed by atoms with van der Waals surface area (Å²) in [6, 6.07) is 7.43. The van der Waals surface area contributed by atoms with E-state index < -0.39 is 0 Å². The van der Waals surface area contributed by atoms with Gasteiger partial charge in [-0.25, -0.2) is 0 Å². The molecule has 1 aromatic rings. The molecule has 3 N–H and O–H groups in total. The van der Waals surface area contributed by atoms with Crippen LogP contribution in [0.25, 0.3) is 0 Å². The van der Waals surface area contributed by atoms with E-state index in [4.69, 9.17) is 15.7 Å². The zero-order valence-corrected chi connectivity index (χ0v) is 9.49. The van der Waals surface area contributed by atoms with Crippen molar-refractivity contribution in [2.45, 2.75) is 12.8 Å². The van der Waals surface area contributed by atoms with Gasteiger partial charge in [0.1, 0.15) is 6.07 Å². The standard InChI is InChI=1S/C12H17N3O/c1-16-7-3-2-6-15-12-5-4-11(14)8-10(12)9-13/h4-5,8,15H,2-3,6-7,14H2,1H3. The van der Waals surface area contributed by atoms with Crippen LogP contribution in [0.3, 0.4) is 0 Å². The van der Waals surface area contributed by atoms with Gasteiger partial charge in [-0.15, -0.1) is 0 Å². The summed E-state index contributed by atoms with van der Waals surface area (Å²) in [5, 5.41) is 12.1. The number of hydrogen-bond acceptors (Lipinski definition) is 4. The second-order valence-corrected chi connectivity index (χ2v) is 3.54. The average Bonchev–Trinajstić information content (AvgIpc) is 2.30. The number of nitrogens with zero attached hydrogens (tertiary/aromatic N) is 1. The summed E-state index contributed by atoms with van der Waals surface area (Å²) in [5.74, 6) is 0. The van der Waals surface area contributed by atoms with E-state index in [9.17, 15) is 0 Å². The van der Waals surface area contributed by atoms with Gasteiger partial charge in [-0.2, -0.15) is 5.26 Å². The summed E-state index contributed by atoms with van der Waals surface area (Å²) < 4.78 is 4.96. The fourth-order valence-electron chi connectivity index (χ4n) is 1.40. The Labute approximate surface area is 96.0 Å². The predicted octanol–water partition coefficient (Wildman–Crippen LogP) is 1.98. The molecular weight excluding hydrogens is 202 g/mol. The third kappa shape index (κ3) is 3.79. The van der Waals surface area contributed by atoms with Gasteiger partial charge >= 0.3 is 0 Å². The number of benzene rings is 1. The van der Waals surface area contributed by atoms with Crippen LogP contribution in [0.2, 0.25) is 0 Å². The lowest BCUT2D eigenvalue weighted by molar-refractivity contribution is 0.194. The van der Waals surface area contributed by atoms with Crippen LogP contribution in [0.4, 0.5) is 11.4 Å². The zero-order valence-electron chi connectivity index (χ0n) is 9.49. The number of nitriles is 1. The molecule has 0 aliphatic heterocycles. The summed E-state index contributed by atoms with van der Waals surface area (Å²) in [5.41, 5.74) is 7.65. The SMILES string of the molecule is COCCCCNc1ccc(N)cc1C#N. The van der Waals surface area contributed by atoms with E-state index in [1.165, 1.54) is 0 Å². The maximum Gasteiger partial charge on any atom is 0.101 e. The number of nitrogens with one attached hydrogen (secondary N) is 1. The third-order valence-corrected chi connectivity index (χ3v) is 2.25. The van der Waals surface area contributed by atoms with E-state index in [0.717, 1.165) is 31.7 Å². The quantitative estimate of drug-likeness (QED) is 0.567. The van der Waals surface area contributed by atoms with Crippen LogP contribution in [-0.4, -0.2) is 20.3 Å². The summed E-state index contributed by atoms with van der Waals surface area (Å²) in [6.45, 7) is 1.61. The molecule has 0 radical (unpaired) electrons. The smallest absolute Gasteiger partial charge is 0.101 e. The minimum Gasteiger partial charge on any atom is -0.399 e. The number of nitrogens with two attached hydrogens (primary N) is 1. The van der Waals surface area contributed by atoms with Crippen molar-refractivity contribution in [2.75, 3.05) is 31.3 Å². The Morgan fingerprint density at radius 1 is 1.44 bits per heavy atom. The maximum atomic E-state index is 8.92. The van der Waals surface area contributed by atoms with E-state index in [2.05, 4.69) is 11.4 Å². The molecule has 0 aliphatic rings. The normalized spacial score (nSPS) is 9.75. The van der Waals surface area contributed by atoms with Gasteiger partial charge in [-0.3, -0.25) is 0 Å². The minimum atomic E-state index is 0.590. The van der Waals surface area contributed by atoms with Crippen molar-refractivity contribution >= 4 is 11.4 Å². The summed E-state index contributed by atoms with van der Waals surface area (Å²) >= 11 is 0. The second-order valence-electron chi connectivity index (χ2n) is 3.54. The number of nitrogen functional groups attached to an aromatic ring is 1. The molecule has 0 spiro atoms. The summed E-state index contributed by atoms with van der Waals surface area (Å²) in [6.07, 6.45) is 2.03. The highest BCUT2D eigenvalue weighted by atomic mass is 16.5. The predicted molar refractivity (Wildman–Crippen MR) is 65.2 cm³/mol. The molecule has 1 rings (SSSR count). The Balaban J connectivity index is 2.45. The first kappa shape index (κ1) is 12.3. The molecule has 86 valence electrons. The molecule has 0 saturated heterocycles. The number of anilines is 2. The van der Waals surface area contributed by atoms with Crippen LogP contribution in [0.15, 0.2) is 18.2 Å². The van der Waals surface area contributed by atoms with Gasteiger partial charge < -0.3 is 15.8 Å². The Bertz CT molecular complexity index is 371. The molecule has 0 fully saturated rings. The van der Waals surface area contributed by atoms with Crippen molar-refractivity contribution in [2.24, 2.45) is 0 Å². The van der Waals surface area contributed by atoms with Crippen LogP contribution in [0.5, 0.6) is 0 Å². The average molecular weight is 219 g/mol. The van der Waals surface area contributed by atoms with Crippen LogP contribution in [0, 0.1) is 11.3 Å². The molecule has 0 saturated carbocycles. The van der Waals surface area contributed by atoms with Gasteiger partial charge in [-0.05, 0) is 31.0 Å². The summed E-state index contributed by atoms with van der Waals surface area (Å²) in [7, 11) is 1.70. The first-order valence-corrected chi connectivity index (χ1v) is 5.30. The Morgan fingerprint density at radius 2 is 2.25 bits per heavy atom. The van der Waals surface area contributed by atoms with Crippen LogP contribution in [-0.2, 0) is 4.74 Å². The molecule has 16 heavy (non-hydrogen) atoms. The van der Waals surface area contributed by atoms with E-state index in [1.807, 2.05) is 6.07 Å². The van der Waals surface area contributed by atoms with Crippen molar-refractivity contribution in [3.63, 3.8) is 0 Å². The third-order valence-electron chi connectivity index (χ3n) is 2.25. The van der Waals surface area contributed by atoms with E-state index in [-0.39, 0.29) is 0 Å². The highest BCUT2D eigenvalue weighted by Crippen LogP contribution is 2.17. The van der Waals surface area contributed by atoms with E-state index in [0.29, 0.717) is 11.3 Å². The topological polar surface area (TPSA) is 71.1 Å². The molecule has 4 nitrogen and oxygen atoms in total. The lowest BCUT2D eigenvalue weighted by Gasteiger charge is -2.08. The molecule has 4 heteroatoms. The number of rotatable bonds is 6. The van der Waals surface area contributed by atoms with Crippen molar-refractivity contribution < 1.29 is 4.74 Å². The monoisotopic (exact) mass is 219 g/mol. The van der Waals surface area contributed by atoms with Gasteiger partial charge in [0.05, 0.1) is 11.3 Å². The Morgan fingerprint density at radius 3 is 2.94 bits per heavy atom. The number of unbranched alkanes of at least 4 members (excludes halogenated alkanes) is 1. The van der Waals surface area contributed by atoms with Crippen molar-refractivity contribution in [1.82, 2.24) is 0 Å². The highest BCUT2D eigenvalue weighted by molar-refractivity contribution is 5.62. The molecule has 0 atom stereocenters. The second kappa shape index (κ2) is 6.70. The molecule has 0 heterocycles. The van der Waals surface area contributed by atoms with Gasteiger partial charge in [0.2, 0.25) is 0 Å². The minimum absolute atomic E-state index is 0.590. The summed E-state index contributed by atoms with van der Waals surface area (Å²) in [4.78, 5) is 0. The molecule has 0 unspecified atom stereocenters. The van der Waals surface area contributed by atoms with E-state index >= 15 is 0 Å². The largest absolute Gasteiger partial charge is 0.399 e. The van der Waals surface area contributed by atoms with Crippen LogP contribution in [0.1, 0.15) is 18.4 Å². The molecule has 0 amide bonds. The fraction of sp³-hybridized carbons (Fsp3) is 0.417. The lowest BCUT2D eigenvalue weighted by atomic mass is 10.1. The number of methoxy groups -OCH3 is 1. The highest BCUT2D eigenvalue weighted by Gasteiger charge is 2.01. The Hall–Kier alpha value is -1.73.